The van der Waals surface area contributed by atoms with Gasteiger partial charge in [-0.3, -0.25) is 9.59 Å². The average Bonchev–Trinajstić information content (AvgIpc) is 2.72. The highest BCUT2D eigenvalue weighted by molar-refractivity contribution is 6.04. The number of likely N-dealkylation sites (tertiary alicyclic amines) is 1. The first-order valence-corrected chi connectivity index (χ1v) is 9.43. The molecule has 2 amide bonds. The molecule has 0 unspecified atom stereocenters. The summed E-state index contributed by atoms with van der Waals surface area (Å²) in [5.41, 5.74) is 1.75. The summed E-state index contributed by atoms with van der Waals surface area (Å²) in [6.07, 6.45) is 1.73. The average molecular weight is 380 g/mol. The van der Waals surface area contributed by atoms with Gasteiger partial charge in [-0.1, -0.05) is 36.4 Å². The van der Waals surface area contributed by atoms with Crippen LogP contribution in [0.2, 0.25) is 0 Å². The number of carbonyl (C=O) groups is 3. The van der Waals surface area contributed by atoms with E-state index in [1.54, 1.807) is 49.4 Å². The normalized spacial score (nSPS) is 14.5. The minimum atomic E-state index is -1.02. The van der Waals surface area contributed by atoms with Crippen LogP contribution in [0.25, 0.3) is 11.1 Å². The number of nitrogens with one attached hydrogen (secondary N) is 1. The fourth-order valence-electron chi connectivity index (χ4n) is 3.60. The lowest BCUT2D eigenvalue weighted by Crippen LogP contribution is -2.40. The van der Waals surface area contributed by atoms with Crippen LogP contribution in [0.5, 0.6) is 0 Å². The Bertz CT molecular complexity index is 886. The van der Waals surface area contributed by atoms with E-state index in [9.17, 15) is 19.5 Å². The van der Waals surface area contributed by atoms with E-state index >= 15 is 0 Å². The number of carboxylic acids is 1. The molecule has 1 heterocycles. The van der Waals surface area contributed by atoms with Crippen LogP contribution < -0.4 is 5.32 Å². The summed E-state index contributed by atoms with van der Waals surface area (Å²) in [4.78, 5) is 37.6. The molecular formula is C22H24N2O4. The molecule has 2 aromatic rings. The van der Waals surface area contributed by atoms with Crippen molar-refractivity contribution in [1.82, 2.24) is 10.2 Å². The molecule has 1 aliphatic rings. The maximum absolute atomic E-state index is 12.8. The van der Waals surface area contributed by atoms with Crippen LogP contribution in [0.3, 0.4) is 0 Å². The van der Waals surface area contributed by atoms with E-state index in [1.165, 1.54) is 6.07 Å². The summed E-state index contributed by atoms with van der Waals surface area (Å²) in [6, 6.07) is 13.7. The number of hydrogen-bond acceptors (Lipinski definition) is 3. The van der Waals surface area contributed by atoms with Crippen LogP contribution in [-0.4, -0.2) is 47.4 Å². The Kier molecular flexibility index (Phi) is 6.09. The summed E-state index contributed by atoms with van der Waals surface area (Å²) in [6.45, 7) is 3.56. The molecule has 1 aliphatic heterocycles. The van der Waals surface area contributed by atoms with Crippen LogP contribution in [-0.2, 0) is 4.79 Å². The van der Waals surface area contributed by atoms with Gasteiger partial charge in [-0.2, -0.15) is 0 Å². The molecule has 28 heavy (non-hydrogen) atoms. The molecule has 0 spiro atoms. The predicted molar refractivity (Wildman–Crippen MR) is 106 cm³/mol. The zero-order chi connectivity index (χ0) is 20.1. The third kappa shape index (κ3) is 4.39. The van der Waals surface area contributed by atoms with Gasteiger partial charge in [0.1, 0.15) is 0 Å². The second-order valence-corrected chi connectivity index (χ2v) is 7.06. The van der Waals surface area contributed by atoms with E-state index in [1.807, 2.05) is 4.90 Å². The second-order valence-electron chi connectivity index (χ2n) is 7.06. The van der Waals surface area contributed by atoms with Gasteiger partial charge >= 0.3 is 5.97 Å². The molecule has 6 nitrogen and oxygen atoms in total. The fraction of sp³-hybridized carbons (Fsp3) is 0.318. The monoisotopic (exact) mass is 380 g/mol. The van der Waals surface area contributed by atoms with E-state index in [0.29, 0.717) is 29.2 Å². The predicted octanol–water partition coefficient (Wildman–Crippen LogP) is 3.04. The quantitative estimate of drug-likeness (QED) is 0.835. The summed E-state index contributed by atoms with van der Waals surface area (Å²) in [5, 5.41) is 12.4. The smallest absolute Gasteiger partial charge is 0.336 e. The van der Waals surface area contributed by atoms with Gasteiger partial charge in [0.25, 0.3) is 5.91 Å². The van der Waals surface area contributed by atoms with Crippen molar-refractivity contribution in [2.75, 3.05) is 19.6 Å². The Balaban J connectivity index is 1.72. The van der Waals surface area contributed by atoms with Crippen molar-refractivity contribution in [1.29, 1.82) is 0 Å². The lowest BCUT2D eigenvalue weighted by atomic mass is 9.94. The molecule has 2 aromatic carbocycles. The number of nitrogens with zero attached hydrogens (tertiary/aromatic N) is 1. The number of piperidine rings is 1. The van der Waals surface area contributed by atoms with Crippen molar-refractivity contribution in [3.63, 3.8) is 0 Å². The number of amides is 2. The Labute approximate surface area is 164 Å². The molecule has 0 radical (unpaired) electrons. The molecule has 1 saturated heterocycles. The van der Waals surface area contributed by atoms with Gasteiger partial charge in [0.05, 0.1) is 5.56 Å². The first-order chi connectivity index (χ1) is 13.5. The molecule has 0 bridgehead atoms. The third-order valence-corrected chi connectivity index (χ3v) is 5.23. The molecule has 0 atom stereocenters. The minimum Gasteiger partial charge on any atom is -0.478 e. The Morgan fingerprint density at radius 1 is 0.964 bits per heavy atom. The van der Waals surface area contributed by atoms with Crippen molar-refractivity contribution in [2.45, 2.75) is 19.8 Å². The molecule has 0 saturated carbocycles. The van der Waals surface area contributed by atoms with E-state index < -0.39 is 5.97 Å². The van der Waals surface area contributed by atoms with E-state index in [4.69, 9.17) is 0 Å². The first-order valence-electron chi connectivity index (χ1n) is 9.43. The Morgan fingerprint density at radius 3 is 2.07 bits per heavy atom. The maximum atomic E-state index is 12.8. The molecule has 6 heteroatoms. The fourth-order valence-corrected chi connectivity index (χ4v) is 3.60. The molecule has 3 rings (SSSR count). The van der Waals surface area contributed by atoms with Crippen LogP contribution in [0, 0.1) is 5.92 Å². The molecule has 1 fully saturated rings. The zero-order valence-electron chi connectivity index (χ0n) is 15.9. The van der Waals surface area contributed by atoms with Gasteiger partial charge in [0.15, 0.2) is 0 Å². The maximum Gasteiger partial charge on any atom is 0.336 e. The van der Waals surface area contributed by atoms with Crippen molar-refractivity contribution < 1.29 is 19.5 Å². The lowest BCUT2D eigenvalue weighted by Gasteiger charge is -2.31. The number of carbonyl (C=O) groups excluding carboxylic acids is 2. The lowest BCUT2D eigenvalue weighted by molar-refractivity contribution is -0.130. The van der Waals surface area contributed by atoms with Crippen LogP contribution in [0.15, 0.2) is 48.5 Å². The standard InChI is InChI=1S/C22H24N2O4/c1-15(25)24-12-10-16(11-13-24)14-23-21(26)19-8-4-2-6-17(19)18-7-3-5-9-20(18)22(27)28/h2-9,16H,10-14H2,1H3,(H,23,26)(H,27,28). The highest BCUT2D eigenvalue weighted by Crippen LogP contribution is 2.27. The number of carboxylic acid groups (broad SMARTS) is 1. The summed E-state index contributed by atoms with van der Waals surface area (Å²) in [5.74, 6) is -0.820. The van der Waals surface area contributed by atoms with Gasteiger partial charge in [0, 0.05) is 32.1 Å². The van der Waals surface area contributed by atoms with Gasteiger partial charge in [-0.15, -0.1) is 0 Å². The molecular weight excluding hydrogens is 356 g/mol. The molecule has 0 aromatic heterocycles. The topological polar surface area (TPSA) is 86.7 Å². The number of rotatable bonds is 5. The summed E-state index contributed by atoms with van der Waals surface area (Å²) >= 11 is 0. The highest BCUT2D eigenvalue weighted by Gasteiger charge is 2.22. The van der Waals surface area contributed by atoms with Gasteiger partial charge in [-0.25, -0.2) is 4.79 Å². The van der Waals surface area contributed by atoms with Crippen molar-refractivity contribution >= 4 is 17.8 Å². The van der Waals surface area contributed by atoms with Crippen molar-refractivity contribution in [3.8, 4) is 11.1 Å². The largest absolute Gasteiger partial charge is 0.478 e. The number of hydrogen-bond donors (Lipinski definition) is 2. The summed E-state index contributed by atoms with van der Waals surface area (Å²) < 4.78 is 0. The first kappa shape index (κ1) is 19.6. The molecule has 0 aliphatic carbocycles. The molecule has 146 valence electrons. The minimum absolute atomic E-state index is 0.0912. The Hall–Kier alpha value is -3.15. The van der Waals surface area contributed by atoms with Gasteiger partial charge < -0.3 is 15.3 Å². The third-order valence-electron chi connectivity index (χ3n) is 5.23. The van der Waals surface area contributed by atoms with E-state index in [-0.39, 0.29) is 17.4 Å². The molecule has 2 N–H and O–H groups in total. The highest BCUT2D eigenvalue weighted by atomic mass is 16.4. The van der Waals surface area contributed by atoms with Crippen LogP contribution in [0.4, 0.5) is 0 Å². The Morgan fingerprint density at radius 2 is 1.50 bits per heavy atom. The zero-order valence-corrected chi connectivity index (χ0v) is 15.9. The number of benzene rings is 2. The summed E-state index contributed by atoms with van der Waals surface area (Å²) in [7, 11) is 0. The van der Waals surface area contributed by atoms with E-state index in [2.05, 4.69) is 5.32 Å². The van der Waals surface area contributed by atoms with Crippen molar-refractivity contribution in [3.05, 3.63) is 59.7 Å². The van der Waals surface area contributed by atoms with Gasteiger partial charge in [0.2, 0.25) is 5.91 Å². The SMILES string of the molecule is CC(=O)N1CCC(CNC(=O)c2ccccc2-c2ccccc2C(=O)O)CC1. The second kappa shape index (κ2) is 8.69. The van der Waals surface area contributed by atoms with E-state index in [0.717, 1.165) is 25.9 Å². The van der Waals surface area contributed by atoms with Gasteiger partial charge in [-0.05, 0) is 42.0 Å². The number of aromatic carboxylic acids is 1. The van der Waals surface area contributed by atoms with Crippen LogP contribution >= 0.6 is 0 Å². The van der Waals surface area contributed by atoms with Crippen molar-refractivity contribution in [2.24, 2.45) is 5.92 Å². The van der Waals surface area contributed by atoms with Crippen LogP contribution in [0.1, 0.15) is 40.5 Å².